The van der Waals surface area contributed by atoms with Gasteiger partial charge in [0.05, 0.1) is 17.6 Å². The molecule has 0 aliphatic heterocycles. The Labute approximate surface area is 106 Å². The largest absolute Gasteiger partial charge is 0.397 e. The number of H-pyrrole nitrogens is 1. The van der Waals surface area contributed by atoms with Gasteiger partial charge in [0.1, 0.15) is 5.82 Å². The summed E-state index contributed by atoms with van der Waals surface area (Å²) in [5.41, 5.74) is 6.61. The number of nitrogen functional groups attached to an aromatic ring is 1. The summed E-state index contributed by atoms with van der Waals surface area (Å²) in [6.45, 7) is 1.69. The van der Waals surface area contributed by atoms with Gasteiger partial charge in [0, 0.05) is 7.05 Å². The van der Waals surface area contributed by atoms with Crippen molar-refractivity contribution in [1.82, 2.24) is 9.97 Å². The third kappa shape index (κ3) is 2.04. The molecule has 0 aliphatic rings. The van der Waals surface area contributed by atoms with Crippen LogP contribution < -0.4 is 10.0 Å². The molecule has 18 heavy (non-hydrogen) atoms. The second-order valence-corrected chi connectivity index (χ2v) is 5.80. The summed E-state index contributed by atoms with van der Waals surface area (Å²) in [6, 6.07) is 6.78. The lowest BCUT2D eigenvalue weighted by Crippen LogP contribution is -2.27. The summed E-state index contributed by atoms with van der Waals surface area (Å²) in [6.07, 6.45) is 1.29. The number of hydrogen-bond acceptors (Lipinski definition) is 4. The number of aryl methyl sites for hydroxylation is 1. The first-order valence-corrected chi connectivity index (χ1v) is 6.72. The molecular weight excluding hydrogens is 252 g/mol. The minimum Gasteiger partial charge on any atom is -0.397 e. The third-order valence-electron chi connectivity index (χ3n) is 2.59. The number of aromatic nitrogens is 2. The van der Waals surface area contributed by atoms with Gasteiger partial charge in [-0.05, 0) is 19.1 Å². The lowest BCUT2D eigenvalue weighted by molar-refractivity contribution is 0.591. The number of nitrogens with two attached hydrogens (primary N) is 1. The average Bonchev–Trinajstić information content (AvgIpc) is 2.76. The fraction of sp³-hybridized carbons (Fsp3) is 0.182. The Kier molecular flexibility index (Phi) is 3.00. The van der Waals surface area contributed by atoms with Gasteiger partial charge >= 0.3 is 0 Å². The Morgan fingerprint density at radius 1 is 1.33 bits per heavy atom. The zero-order valence-corrected chi connectivity index (χ0v) is 10.9. The van der Waals surface area contributed by atoms with E-state index in [4.69, 9.17) is 5.73 Å². The molecule has 2 rings (SSSR count). The number of hydrogen-bond donors (Lipinski definition) is 2. The minimum absolute atomic E-state index is 0.0470. The van der Waals surface area contributed by atoms with Gasteiger partial charge in [-0.2, -0.15) is 8.42 Å². The lowest BCUT2D eigenvalue weighted by atomic mass is 10.3. The summed E-state index contributed by atoms with van der Waals surface area (Å²) in [5.74, 6) is 0.544. The first kappa shape index (κ1) is 12.4. The smallest absolute Gasteiger partial charge is 0.281 e. The van der Waals surface area contributed by atoms with Crippen molar-refractivity contribution in [2.45, 2.75) is 11.9 Å². The zero-order chi connectivity index (χ0) is 13.3. The summed E-state index contributed by atoms with van der Waals surface area (Å²) < 4.78 is 25.7. The van der Waals surface area contributed by atoms with Gasteiger partial charge in [0.15, 0.2) is 5.03 Å². The van der Waals surface area contributed by atoms with Crippen molar-refractivity contribution in [2.75, 3.05) is 17.1 Å². The highest BCUT2D eigenvalue weighted by atomic mass is 32.2. The number of rotatable bonds is 3. The first-order chi connectivity index (χ1) is 8.43. The quantitative estimate of drug-likeness (QED) is 0.814. The Morgan fingerprint density at radius 2 is 2.00 bits per heavy atom. The van der Waals surface area contributed by atoms with E-state index in [9.17, 15) is 8.42 Å². The molecule has 0 amide bonds. The van der Waals surface area contributed by atoms with Crippen LogP contribution >= 0.6 is 0 Å². The molecule has 0 aliphatic carbocycles. The molecule has 6 nitrogen and oxygen atoms in total. The van der Waals surface area contributed by atoms with Crippen LogP contribution in [0.15, 0.2) is 35.5 Å². The Bertz CT molecular complexity index is 663. The Hall–Kier alpha value is -2.02. The summed E-state index contributed by atoms with van der Waals surface area (Å²) in [5, 5.41) is 0.0470. The SMILES string of the molecule is Cc1ncc(S(=O)(=O)N(C)c2ccccc2N)[nH]1. The molecule has 0 spiro atoms. The molecule has 1 aromatic carbocycles. The number of aromatic amines is 1. The van der Waals surface area contributed by atoms with Crippen molar-refractivity contribution < 1.29 is 8.42 Å². The molecule has 96 valence electrons. The van der Waals surface area contributed by atoms with Crippen molar-refractivity contribution in [3.05, 3.63) is 36.3 Å². The van der Waals surface area contributed by atoms with Crippen LogP contribution in [0.1, 0.15) is 5.82 Å². The van der Waals surface area contributed by atoms with Gasteiger partial charge < -0.3 is 10.7 Å². The number of imidazole rings is 1. The minimum atomic E-state index is -3.66. The van der Waals surface area contributed by atoms with Gasteiger partial charge in [0.25, 0.3) is 10.0 Å². The summed E-state index contributed by atoms with van der Waals surface area (Å²) >= 11 is 0. The van der Waals surface area contributed by atoms with Gasteiger partial charge in [-0.25, -0.2) is 4.98 Å². The maximum atomic E-state index is 12.3. The second-order valence-electron chi connectivity index (χ2n) is 3.86. The number of para-hydroxylation sites is 2. The van der Waals surface area contributed by atoms with Crippen molar-refractivity contribution in [2.24, 2.45) is 0 Å². The lowest BCUT2D eigenvalue weighted by Gasteiger charge is -2.19. The predicted molar refractivity (Wildman–Crippen MR) is 69.8 cm³/mol. The summed E-state index contributed by atoms with van der Waals surface area (Å²) in [7, 11) is -2.20. The normalized spacial score (nSPS) is 11.4. The van der Waals surface area contributed by atoms with Crippen LogP contribution in [0.4, 0.5) is 11.4 Å². The maximum Gasteiger partial charge on any atom is 0.281 e. The van der Waals surface area contributed by atoms with Crippen LogP contribution in [0, 0.1) is 6.92 Å². The molecule has 1 heterocycles. The Morgan fingerprint density at radius 3 is 2.56 bits per heavy atom. The highest BCUT2D eigenvalue weighted by Gasteiger charge is 2.24. The van der Waals surface area contributed by atoms with Crippen LogP contribution in [0.25, 0.3) is 0 Å². The highest BCUT2D eigenvalue weighted by molar-refractivity contribution is 7.92. The van der Waals surface area contributed by atoms with Gasteiger partial charge in [0.2, 0.25) is 0 Å². The molecule has 0 radical (unpaired) electrons. The number of sulfonamides is 1. The monoisotopic (exact) mass is 266 g/mol. The van der Waals surface area contributed by atoms with Crippen LogP contribution in [0.5, 0.6) is 0 Å². The number of benzene rings is 1. The van der Waals surface area contributed by atoms with E-state index in [0.29, 0.717) is 17.2 Å². The standard InChI is InChI=1S/C11H14N4O2S/c1-8-13-7-11(14-8)18(16,17)15(2)10-6-4-3-5-9(10)12/h3-7H,12H2,1-2H3,(H,13,14). The molecule has 1 aromatic heterocycles. The topological polar surface area (TPSA) is 92.1 Å². The average molecular weight is 266 g/mol. The fourth-order valence-corrected chi connectivity index (χ4v) is 2.76. The molecule has 0 fully saturated rings. The van der Waals surface area contributed by atoms with Crippen molar-refractivity contribution in [3.63, 3.8) is 0 Å². The highest BCUT2D eigenvalue weighted by Crippen LogP contribution is 2.26. The molecule has 7 heteroatoms. The number of nitrogens with one attached hydrogen (secondary N) is 1. The maximum absolute atomic E-state index is 12.3. The van der Waals surface area contributed by atoms with E-state index in [-0.39, 0.29) is 5.03 Å². The van der Waals surface area contributed by atoms with Crippen molar-refractivity contribution in [1.29, 1.82) is 0 Å². The molecule has 0 unspecified atom stereocenters. The third-order valence-corrected chi connectivity index (χ3v) is 4.28. The van der Waals surface area contributed by atoms with Gasteiger partial charge in [-0.3, -0.25) is 4.31 Å². The Balaban J connectivity index is 2.46. The molecule has 0 bridgehead atoms. The molecule has 3 N–H and O–H groups in total. The molecule has 0 atom stereocenters. The van der Waals surface area contributed by atoms with E-state index < -0.39 is 10.0 Å². The second kappa shape index (κ2) is 4.34. The van der Waals surface area contributed by atoms with Crippen LogP contribution in [0.3, 0.4) is 0 Å². The zero-order valence-electron chi connectivity index (χ0n) is 10.1. The van der Waals surface area contributed by atoms with Gasteiger partial charge in [-0.1, -0.05) is 12.1 Å². The molecule has 0 saturated heterocycles. The van der Waals surface area contributed by atoms with E-state index >= 15 is 0 Å². The van der Waals surface area contributed by atoms with E-state index in [2.05, 4.69) is 9.97 Å². The van der Waals surface area contributed by atoms with Crippen LogP contribution in [-0.2, 0) is 10.0 Å². The van der Waals surface area contributed by atoms with Crippen LogP contribution in [0.2, 0.25) is 0 Å². The van der Waals surface area contributed by atoms with E-state index in [0.717, 1.165) is 4.31 Å². The molecular formula is C11H14N4O2S. The predicted octanol–water partition coefficient (Wildman–Crippen LogP) is 1.13. The number of nitrogens with zero attached hydrogens (tertiary/aromatic N) is 2. The van der Waals surface area contributed by atoms with E-state index in [1.54, 1.807) is 31.2 Å². The van der Waals surface area contributed by atoms with Crippen molar-refractivity contribution in [3.8, 4) is 0 Å². The van der Waals surface area contributed by atoms with Crippen molar-refractivity contribution >= 4 is 21.4 Å². The first-order valence-electron chi connectivity index (χ1n) is 5.28. The van der Waals surface area contributed by atoms with E-state index in [1.165, 1.54) is 13.2 Å². The number of anilines is 2. The van der Waals surface area contributed by atoms with Gasteiger partial charge in [-0.15, -0.1) is 0 Å². The fourth-order valence-electron chi connectivity index (χ4n) is 1.58. The van der Waals surface area contributed by atoms with E-state index in [1.807, 2.05) is 0 Å². The summed E-state index contributed by atoms with van der Waals surface area (Å²) in [4.78, 5) is 6.59. The molecule has 2 aromatic rings. The molecule has 0 saturated carbocycles. The van der Waals surface area contributed by atoms with Crippen LogP contribution in [-0.4, -0.2) is 25.4 Å².